The van der Waals surface area contributed by atoms with Crippen LogP contribution in [0.25, 0.3) is 11.8 Å². The van der Waals surface area contributed by atoms with Crippen LogP contribution in [0.15, 0.2) is 101 Å². The number of carbonyl (C=O) groups excluding carboxylic acids is 1. The molecule has 196 valence electrons. The van der Waals surface area contributed by atoms with Gasteiger partial charge in [0.15, 0.2) is 5.16 Å². The quantitative estimate of drug-likeness (QED) is 0.263. The molecule has 2 aliphatic rings. The Hall–Kier alpha value is -4.11. The Morgan fingerprint density at radius 1 is 0.974 bits per heavy atom. The molecule has 1 saturated carbocycles. The molecule has 0 spiro atoms. The third kappa shape index (κ3) is 5.27. The molecular weight excluding hydrogens is 516 g/mol. The molecule has 3 aromatic carbocycles. The van der Waals surface area contributed by atoms with Crippen LogP contribution < -0.4 is 0 Å². The zero-order chi connectivity index (χ0) is 26.8. The highest BCUT2D eigenvalue weighted by atomic mass is 32.2. The number of rotatable bonds is 6. The molecule has 1 aliphatic carbocycles. The summed E-state index contributed by atoms with van der Waals surface area (Å²) in [5.74, 6) is -0.681. The van der Waals surface area contributed by atoms with Crippen LogP contribution in [-0.4, -0.2) is 37.1 Å². The zero-order valence-corrected chi connectivity index (χ0v) is 21.8. The fourth-order valence-electron chi connectivity index (χ4n) is 5.24. The number of nitrogens with zero attached hydrogens (tertiary/aromatic N) is 5. The van der Waals surface area contributed by atoms with Crippen LogP contribution in [0.3, 0.4) is 0 Å². The molecular formula is C30H25F2N5OS. The van der Waals surface area contributed by atoms with E-state index in [0.29, 0.717) is 5.16 Å². The van der Waals surface area contributed by atoms with E-state index in [1.54, 1.807) is 35.6 Å². The van der Waals surface area contributed by atoms with Crippen LogP contribution in [-0.2, 0) is 4.79 Å². The third-order valence-electron chi connectivity index (χ3n) is 7.06. The maximum Gasteiger partial charge on any atom is 0.253 e. The molecule has 39 heavy (non-hydrogen) atoms. The summed E-state index contributed by atoms with van der Waals surface area (Å²) in [6.07, 6.45) is 6.27. The molecule has 1 aromatic heterocycles. The fourth-order valence-corrected chi connectivity index (χ4v) is 6.02. The van der Waals surface area contributed by atoms with Crippen LogP contribution in [0, 0.1) is 17.6 Å². The minimum atomic E-state index is -0.336. The van der Waals surface area contributed by atoms with Crippen molar-refractivity contribution in [1.29, 1.82) is 0 Å². The smallest absolute Gasteiger partial charge is 0.253 e. The number of halogens is 2. The predicted molar refractivity (Wildman–Crippen MR) is 147 cm³/mol. The van der Waals surface area contributed by atoms with Gasteiger partial charge < -0.3 is 0 Å². The number of hydrogen-bond donors (Lipinski definition) is 0. The van der Waals surface area contributed by atoms with E-state index in [-0.39, 0.29) is 35.3 Å². The lowest BCUT2D eigenvalue weighted by atomic mass is 9.77. The lowest BCUT2D eigenvalue weighted by Crippen LogP contribution is -2.33. The van der Waals surface area contributed by atoms with Crippen LogP contribution in [0.5, 0.6) is 0 Å². The largest absolute Gasteiger partial charge is 0.277 e. The Balaban J connectivity index is 1.30. The summed E-state index contributed by atoms with van der Waals surface area (Å²) in [5, 5.41) is 15.3. The lowest BCUT2D eigenvalue weighted by molar-refractivity contribution is -0.130. The standard InChI is InChI=1S/C30H25F2N5OS/c31-23-13-9-20(10-14-23)17-22-5-4-8-26-28(22)35-37(29(26)21-11-15-24(32)16-12-21)27(38)18-39-30-34-33-19-36(30)25-6-2-1-3-7-25/h1-3,6-7,9-17,19,26,29H,4-5,8,18H2/b22-17-/t26-,29+/m0/s1. The van der Waals surface area contributed by atoms with Crippen LogP contribution >= 0.6 is 11.8 Å². The number of benzene rings is 3. The Morgan fingerprint density at radius 3 is 2.44 bits per heavy atom. The van der Waals surface area contributed by atoms with Crippen molar-refractivity contribution in [1.82, 2.24) is 19.8 Å². The first kappa shape index (κ1) is 25.2. The number of carbonyl (C=O) groups is 1. The van der Waals surface area contributed by atoms with Gasteiger partial charge in [0.1, 0.15) is 18.0 Å². The van der Waals surface area contributed by atoms with Crippen LogP contribution in [0.1, 0.15) is 36.4 Å². The molecule has 0 N–H and O–H groups in total. The molecule has 2 heterocycles. The first-order chi connectivity index (χ1) is 19.1. The maximum absolute atomic E-state index is 13.8. The summed E-state index contributed by atoms with van der Waals surface area (Å²) in [6.45, 7) is 0. The van der Waals surface area contributed by atoms with Crippen LogP contribution in [0.4, 0.5) is 8.78 Å². The number of hydrazone groups is 1. The second-order valence-corrected chi connectivity index (χ2v) is 10.5. The molecule has 2 atom stereocenters. The normalized spacial score (nSPS) is 19.7. The second-order valence-electron chi connectivity index (χ2n) is 9.55. The summed E-state index contributed by atoms with van der Waals surface area (Å²) in [5.41, 5.74) is 4.54. The average molecular weight is 542 g/mol. The number of para-hydroxylation sites is 1. The van der Waals surface area contributed by atoms with Gasteiger partial charge >= 0.3 is 0 Å². The van der Waals surface area contributed by atoms with Gasteiger partial charge in [0, 0.05) is 11.6 Å². The number of allylic oxidation sites excluding steroid dienone is 1. The molecule has 6 rings (SSSR count). The highest BCUT2D eigenvalue weighted by Crippen LogP contribution is 2.44. The van der Waals surface area contributed by atoms with Crippen molar-refractivity contribution < 1.29 is 13.6 Å². The van der Waals surface area contributed by atoms with E-state index in [4.69, 9.17) is 5.10 Å². The first-order valence-electron chi connectivity index (χ1n) is 12.8. The Labute approximate surface area is 229 Å². The molecule has 0 unspecified atom stereocenters. The summed E-state index contributed by atoms with van der Waals surface area (Å²) in [7, 11) is 0. The SMILES string of the molecule is O=C(CSc1nncn1-c1ccccc1)N1N=C2/C(=C\c3ccc(F)cc3)CCC[C@@H]2[C@H]1c1ccc(F)cc1. The van der Waals surface area contributed by atoms with Crippen molar-refractivity contribution in [3.05, 3.63) is 114 Å². The number of hydrogen-bond acceptors (Lipinski definition) is 5. The van der Waals surface area contributed by atoms with Gasteiger partial charge in [-0.3, -0.25) is 9.36 Å². The van der Waals surface area contributed by atoms with Gasteiger partial charge in [0.2, 0.25) is 0 Å². The first-order valence-corrected chi connectivity index (χ1v) is 13.8. The molecule has 0 bridgehead atoms. The van der Waals surface area contributed by atoms with Crippen molar-refractivity contribution in [3.8, 4) is 5.69 Å². The summed E-state index contributed by atoms with van der Waals surface area (Å²) in [4.78, 5) is 13.7. The van der Waals surface area contributed by atoms with Gasteiger partial charge in [-0.05, 0) is 78.4 Å². The van der Waals surface area contributed by atoms with Gasteiger partial charge in [-0.1, -0.05) is 54.2 Å². The van der Waals surface area contributed by atoms with Crippen molar-refractivity contribution in [2.45, 2.75) is 30.5 Å². The second kappa shape index (κ2) is 10.9. The minimum Gasteiger partial charge on any atom is -0.277 e. The molecule has 1 aliphatic heterocycles. The summed E-state index contributed by atoms with van der Waals surface area (Å²) in [6, 6.07) is 22.0. The van der Waals surface area contributed by atoms with Crippen LogP contribution in [0.2, 0.25) is 0 Å². The van der Waals surface area contributed by atoms with E-state index in [0.717, 1.165) is 47.4 Å². The highest BCUT2D eigenvalue weighted by molar-refractivity contribution is 7.99. The number of aromatic nitrogens is 3. The summed E-state index contributed by atoms with van der Waals surface area (Å²) >= 11 is 1.30. The highest BCUT2D eigenvalue weighted by Gasteiger charge is 2.43. The Morgan fingerprint density at radius 2 is 1.69 bits per heavy atom. The molecule has 6 nitrogen and oxygen atoms in total. The van der Waals surface area contributed by atoms with Gasteiger partial charge in [0.05, 0.1) is 17.5 Å². The molecule has 0 saturated heterocycles. The van der Waals surface area contributed by atoms with Gasteiger partial charge in [-0.2, -0.15) is 5.10 Å². The number of fused-ring (bicyclic) bond motifs is 1. The zero-order valence-electron chi connectivity index (χ0n) is 21.0. The van der Waals surface area contributed by atoms with Gasteiger partial charge in [-0.15, -0.1) is 10.2 Å². The van der Waals surface area contributed by atoms with Crippen molar-refractivity contribution >= 4 is 29.5 Å². The summed E-state index contributed by atoms with van der Waals surface area (Å²) < 4.78 is 29.1. The molecule has 1 fully saturated rings. The van der Waals surface area contributed by atoms with Gasteiger partial charge in [-0.25, -0.2) is 13.8 Å². The maximum atomic E-state index is 13.8. The van der Waals surface area contributed by atoms with E-state index < -0.39 is 0 Å². The van der Waals surface area contributed by atoms with E-state index in [1.165, 1.54) is 36.0 Å². The number of thioether (sulfide) groups is 1. The topological polar surface area (TPSA) is 63.4 Å². The lowest BCUT2D eigenvalue weighted by Gasteiger charge is -2.29. The fraction of sp³-hybridized carbons (Fsp3) is 0.200. The average Bonchev–Trinajstić information content (AvgIpc) is 3.60. The van der Waals surface area contributed by atoms with Crippen molar-refractivity contribution in [3.63, 3.8) is 0 Å². The van der Waals surface area contributed by atoms with Crippen molar-refractivity contribution in [2.75, 3.05) is 5.75 Å². The van der Waals surface area contributed by atoms with E-state index >= 15 is 0 Å². The molecule has 1 amide bonds. The Bertz CT molecular complexity index is 1530. The van der Waals surface area contributed by atoms with Crippen molar-refractivity contribution in [2.24, 2.45) is 11.0 Å². The number of amides is 1. The predicted octanol–water partition coefficient (Wildman–Crippen LogP) is 6.46. The van der Waals surface area contributed by atoms with E-state index in [9.17, 15) is 13.6 Å². The van der Waals surface area contributed by atoms with E-state index in [2.05, 4.69) is 10.2 Å². The van der Waals surface area contributed by atoms with E-state index in [1.807, 2.05) is 41.0 Å². The molecule has 9 heteroatoms. The molecule has 0 radical (unpaired) electrons. The molecule has 4 aromatic rings. The monoisotopic (exact) mass is 541 g/mol. The Kier molecular flexibility index (Phi) is 7.06. The minimum absolute atomic E-state index is 0.0159. The third-order valence-corrected chi connectivity index (χ3v) is 7.98. The van der Waals surface area contributed by atoms with Gasteiger partial charge in [0.25, 0.3) is 5.91 Å².